The van der Waals surface area contributed by atoms with Crippen LogP contribution >= 0.6 is 11.6 Å². The molecule has 3 aromatic carbocycles. The highest BCUT2D eigenvalue weighted by atomic mass is 35.5. The van der Waals surface area contributed by atoms with Crippen molar-refractivity contribution < 1.29 is 40.7 Å². The molecule has 3 N–H and O–H groups in total. The van der Waals surface area contributed by atoms with Crippen molar-refractivity contribution in [2.45, 2.75) is 12.4 Å². The minimum absolute atomic E-state index is 0.0386. The number of amides is 3. The Morgan fingerprint density at radius 2 is 1.31 bits per heavy atom. The lowest BCUT2D eigenvalue weighted by molar-refractivity contribution is -0.138. The Labute approximate surface area is 205 Å². The molecular weight excluding hydrogens is 516 g/mol. The van der Waals surface area contributed by atoms with Crippen LogP contribution in [0.25, 0.3) is 0 Å². The number of nitrogens with one attached hydrogen (secondary N) is 3. The average molecular weight is 532 g/mol. The van der Waals surface area contributed by atoms with Gasteiger partial charge in [0.25, 0.3) is 5.91 Å². The summed E-state index contributed by atoms with van der Waals surface area (Å²) in [6.45, 7) is 0. The number of benzene rings is 3. The van der Waals surface area contributed by atoms with Crippen LogP contribution < -0.4 is 20.7 Å². The molecule has 0 aliphatic carbocycles. The first-order chi connectivity index (χ1) is 16.8. The zero-order chi connectivity index (χ0) is 26.7. The zero-order valence-electron chi connectivity index (χ0n) is 18.1. The van der Waals surface area contributed by atoms with Crippen LogP contribution in [-0.2, 0) is 12.4 Å². The topological polar surface area (TPSA) is 79.5 Å². The smallest absolute Gasteiger partial charge is 0.417 e. The highest BCUT2D eigenvalue weighted by molar-refractivity contribution is 6.31. The Morgan fingerprint density at radius 1 is 0.750 bits per heavy atom. The molecule has 0 radical (unpaired) electrons. The number of urea groups is 1. The van der Waals surface area contributed by atoms with Gasteiger partial charge in [0.1, 0.15) is 11.5 Å². The highest BCUT2D eigenvalue weighted by Gasteiger charge is 2.35. The van der Waals surface area contributed by atoms with Gasteiger partial charge in [-0.2, -0.15) is 26.3 Å². The highest BCUT2D eigenvalue weighted by Crippen LogP contribution is 2.37. The summed E-state index contributed by atoms with van der Waals surface area (Å²) in [6.07, 6.45) is -9.44. The lowest BCUT2D eigenvalue weighted by Gasteiger charge is -2.14. The molecule has 0 aliphatic heterocycles. The van der Waals surface area contributed by atoms with Gasteiger partial charge in [-0.3, -0.25) is 4.79 Å². The van der Waals surface area contributed by atoms with Crippen molar-refractivity contribution in [3.63, 3.8) is 0 Å². The van der Waals surface area contributed by atoms with Gasteiger partial charge in [0.2, 0.25) is 0 Å². The first-order valence-electron chi connectivity index (χ1n) is 9.94. The third-order valence-corrected chi connectivity index (χ3v) is 4.98. The quantitative estimate of drug-likeness (QED) is 0.305. The second-order valence-corrected chi connectivity index (χ2v) is 7.59. The molecule has 0 heterocycles. The second-order valence-electron chi connectivity index (χ2n) is 7.18. The van der Waals surface area contributed by atoms with E-state index < -0.39 is 46.0 Å². The van der Waals surface area contributed by atoms with Crippen LogP contribution in [0, 0.1) is 0 Å². The predicted octanol–water partition coefficient (Wildman–Crippen LogP) is 7.17. The van der Waals surface area contributed by atoms with Crippen molar-refractivity contribution in [3.8, 4) is 11.5 Å². The fourth-order valence-corrected chi connectivity index (χ4v) is 3.24. The Kier molecular flexibility index (Phi) is 7.68. The summed E-state index contributed by atoms with van der Waals surface area (Å²) in [7, 11) is 1.19. The average Bonchev–Trinajstić information content (AvgIpc) is 2.79. The Balaban J connectivity index is 1.69. The lowest BCUT2D eigenvalue weighted by Crippen LogP contribution is -2.22. The maximum absolute atomic E-state index is 13.2. The van der Waals surface area contributed by atoms with E-state index in [9.17, 15) is 35.9 Å². The molecule has 0 saturated carbocycles. The fraction of sp³-hybridized carbons (Fsp3) is 0.130. The van der Waals surface area contributed by atoms with E-state index in [0.29, 0.717) is 6.07 Å². The number of carbonyl (C=O) groups is 2. The van der Waals surface area contributed by atoms with Gasteiger partial charge in [0, 0.05) is 18.4 Å². The molecular formula is C23H16ClF6N3O3. The summed E-state index contributed by atoms with van der Waals surface area (Å²) < 4.78 is 83.9. The third-order valence-electron chi connectivity index (χ3n) is 4.65. The van der Waals surface area contributed by atoms with E-state index in [0.717, 1.165) is 24.3 Å². The van der Waals surface area contributed by atoms with Crippen molar-refractivity contribution in [2.75, 3.05) is 17.7 Å². The Bertz CT molecular complexity index is 1280. The summed E-state index contributed by atoms with van der Waals surface area (Å²) in [6, 6.07) is 10.3. The van der Waals surface area contributed by atoms with E-state index in [1.807, 2.05) is 0 Å². The number of ether oxygens (including phenoxy) is 1. The normalized spacial score (nSPS) is 11.6. The fourth-order valence-electron chi connectivity index (χ4n) is 3.01. The molecule has 3 amide bonds. The van der Waals surface area contributed by atoms with E-state index in [2.05, 4.69) is 16.0 Å². The van der Waals surface area contributed by atoms with Crippen LogP contribution in [-0.4, -0.2) is 19.0 Å². The van der Waals surface area contributed by atoms with Gasteiger partial charge in [-0.1, -0.05) is 11.6 Å². The largest absolute Gasteiger partial charge is 0.457 e. The van der Waals surface area contributed by atoms with Crippen LogP contribution in [0.1, 0.15) is 21.5 Å². The van der Waals surface area contributed by atoms with E-state index in [4.69, 9.17) is 16.3 Å². The number of hydrogen-bond acceptors (Lipinski definition) is 3. The maximum atomic E-state index is 13.2. The zero-order valence-corrected chi connectivity index (χ0v) is 18.9. The van der Waals surface area contributed by atoms with Crippen LogP contribution in [0.2, 0.25) is 5.02 Å². The van der Waals surface area contributed by atoms with Gasteiger partial charge < -0.3 is 20.7 Å². The molecule has 13 heteroatoms. The van der Waals surface area contributed by atoms with Gasteiger partial charge >= 0.3 is 18.4 Å². The lowest BCUT2D eigenvalue weighted by atomic mass is 10.1. The number of hydrogen-bond donors (Lipinski definition) is 3. The molecule has 36 heavy (non-hydrogen) atoms. The first kappa shape index (κ1) is 26.7. The maximum Gasteiger partial charge on any atom is 0.417 e. The SMILES string of the molecule is CNC(=O)c1cc(Oc2ccc(NC(=O)Nc3ccc(Cl)c(C(F)(F)F)c3)cc2)ccc1C(F)(F)F. The number of halogens is 7. The number of alkyl halides is 6. The first-order valence-corrected chi connectivity index (χ1v) is 10.3. The van der Waals surface area contributed by atoms with Gasteiger partial charge in [0.15, 0.2) is 0 Å². The van der Waals surface area contributed by atoms with Crippen molar-refractivity contribution in [3.05, 3.63) is 82.4 Å². The molecule has 0 saturated heterocycles. The molecule has 190 valence electrons. The summed E-state index contributed by atoms with van der Waals surface area (Å²) in [4.78, 5) is 24.0. The predicted molar refractivity (Wildman–Crippen MR) is 120 cm³/mol. The van der Waals surface area contributed by atoms with Crippen LogP contribution in [0.3, 0.4) is 0 Å². The molecule has 0 unspecified atom stereocenters. The van der Waals surface area contributed by atoms with E-state index in [1.165, 1.54) is 37.4 Å². The number of rotatable bonds is 5. The van der Waals surface area contributed by atoms with Crippen molar-refractivity contribution in [2.24, 2.45) is 0 Å². The monoisotopic (exact) mass is 531 g/mol. The van der Waals surface area contributed by atoms with Gasteiger partial charge in [-0.15, -0.1) is 0 Å². The van der Waals surface area contributed by atoms with E-state index in [-0.39, 0.29) is 22.9 Å². The van der Waals surface area contributed by atoms with Crippen LogP contribution in [0.15, 0.2) is 60.7 Å². The number of carbonyl (C=O) groups excluding carboxylic acids is 2. The summed E-state index contributed by atoms with van der Waals surface area (Å²) >= 11 is 5.55. The standard InChI is InChI=1S/C23H16ClF6N3O3/c1-31-20(34)16-11-15(7-8-17(16)22(25,26)27)36-14-5-2-12(3-6-14)32-21(35)33-13-4-9-19(24)18(10-13)23(28,29)30/h2-11H,1H3,(H,31,34)(H2,32,33,35). The third kappa shape index (κ3) is 6.60. The van der Waals surface area contributed by atoms with Crippen molar-refractivity contribution in [1.82, 2.24) is 5.32 Å². The summed E-state index contributed by atoms with van der Waals surface area (Å²) in [5.74, 6) is -0.805. The number of anilines is 2. The minimum Gasteiger partial charge on any atom is -0.457 e. The van der Waals surface area contributed by atoms with Crippen LogP contribution in [0.5, 0.6) is 11.5 Å². The van der Waals surface area contributed by atoms with E-state index in [1.54, 1.807) is 0 Å². The molecule has 0 bridgehead atoms. The molecule has 6 nitrogen and oxygen atoms in total. The molecule has 0 aliphatic rings. The Morgan fingerprint density at radius 3 is 1.89 bits per heavy atom. The van der Waals surface area contributed by atoms with E-state index >= 15 is 0 Å². The van der Waals surface area contributed by atoms with Gasteiger partial charge in [0.05, 0.1) is 21.7 Å². The second kappa shape index (κ2) is 10.4. The van der Waals surface area contributed by atoms with Gasteiger partial charge in [-0.25, -0.2) is 4.79 Å². The van der Waals surface area contributed by atoms with Crippen molar-refractivity contribution in [1.29, 1.82) is 0 Å². The molecule has 0 spiro atoms. The molecule has 0 atom stereocenters. The van der Waals surface area contributed by atoms with Crippen LogP contribution in [0.4, 0.5) is 42.5 Å². The van der Waals surface area contributed by atoms with Gasteiger partial charge in [-0.05, 0) is 60.7 Å². The molecule has 3 aromatic rings. The molecule has 3 rings (SSSR count). The summed E-state index contributed by atoms with van der Waals surface area (Å²) in [5, 5.41) is 6.29. The van der Waals surface area contributed by atoms with Crippen molar-refractivity contribution >= 4 is 34.9 Å². The minimum atomic E-state index is -4.74. The Hall–Kier alpha value is -3.93. The summed E-state index contributed by atoms with van der Waals surface area (Å²) in [5.41, 5.74) is -2.75. The molecule has 0 fully saturated rings. The molecule has 0 aromatic heterocycles.